The van der Waals surface area contributed by atoms with E-state index in [-0.39, 0.29) is 11.5 Å². The second-order valence-corrected chi connectivity index (χ2v) is 6.23. The average Bonchev–Trinajstić information content (AvgIpc) is 3.27. The van der Waals surface area contributed by atoms with Gasteiger partial charge in [-0.05, 0) is 24.7 Å². The number of aliphatic hydroxyl groups excluding tert-OH is 1. The van der Waals surface area contributed by atoms with Crippen molar-refractivity contribution in [1.82, 2.24) is 9.78 Å². The summed E-state index contributed by atoms with van der Waals surface area (Å²) >= 11 is 6.06. The molecule has 1 aliphatic rings. The number of nitrogens with zero attached hydrogens (tertiary/aromatic N) is 2. The van der Waals surface area contributed by atoms with Crippen LogP contribution in [0.5, 0.6) is 0 Å². The number of hydrogen-bond acceptors (Lipinski definition) is 4. The van der Waals surface area contributed by atoms with Crippen LogP contribution in [0.3, 0.4) is 0 Å². The van der Waals surface area contributed by atoms with Crippen molar-refractivity contribution in [1.29, 1.82) is 0 Å². The molecule has 1 atom stereocenters. The number of nitrogens with one attached hydrogen (secondary N) is 1. The van der Waals surface area contributed by atoms with Crippen molar-refractivity contribution in [3.8, 4) is 0 Å². The number of hydrogen-bond donors (Lipinski definition) is 2. The number of aromatic nitrogens is 2. The number of aliphatic hydroxyl groups is 1. The van der Waals surface area contributed by atoms with Crippen LogP contribution in [0.25, 0.3) is 0 Å². The Hall–Kier alpha value is -1.07. The van der Waals surface area contributed by atoms with Gasteiger partial charge in [-0.15, -0.1) is 0 Å². The molecule has 1 saturated carbocycles. The standard InChI is InChI=1S/C15H24ClN3O2/c1-3-11(4-2)13(20)8-17-14-12(16)7-18-19(15(14)21)9-10-5-6-10/h7,10-11,13,17,20H,3-6,8-9H2,1-2H3. The molecule has 2 N–H and O–H groups in total. The Labute approximate surface area is 130 Å². The van der Waals surface area contributed by atoms with Crippen LogP contribution in [0, 0.1) is 11.8 Å². The molecular weight excluding hydrogens is 290 g/mol. The lowest BCUT2D eigenvalue weighted by Crippen LogP contribution is -2.32. The molecular formula is C15H24ClN3O2. The predicted molar refractivity (Wildman–Crippen MR) is 84.8 cm³/mol. The van der Waals surface area contributed by atoms with Gasteiger partial charge in [0.2, 0.25) is 0 Å². The van der Waals surface area contributed by atoms with Crippen LogP contribution in [-0.4, -0.2) is 27.5 Å². The summed E-state index contributed by atoms with van der Waals surface area (Å²) in [6.45, 7) is 5.09. The van der Waals surface area contributed by atoms with Crippen molar-refractivity contribution in [2.45, 2.75) is 52.2 Å². The molecule has 0 aromatic carbocycles. The molecule has 0 radical (unpaired) electrons. The second-order valence-electron chi connectivity index (χ2n) is 5.82. The number of rotatable bonds is 8. The highest BCUT2D eigenvalue weighted by atomic mass is 35.5. The van der Waals surface area contributed by atoms with E-state index in [1.165, 1.54) is 10.9 Å². The highest BCUT2D eigenvalue weighted by molar-refractivity contribution is 6.32. The maximum atomic E-state index is 12.3. The maximum Gasteiger partial charge on any atom is 0.291 e. The topological polar surface area (TPSA) is 67.2 Å². The molecule has 0 aliphatic heterocycles. The third kappa shape index (κ3) is 4.20. The summed E-state index contributed by atoms with van der Waals surface area (Å²) in [7, 11) is 0. The third-order valence-electron chi connectivity index (χ3n) is 4.21. The zero-order chi connectivity index (χ0) is 15.4. The van der Waals surface area contributed by atoms with Gasteiger partial charge >= 0.3 is 0 Å². The van der Waals surface area contributed by atoms with Gasteiger partial charge in [0.1, 0.15) is 5.69 Å². The summed E-state index contributed by atoms with van der Waals surface area (Å²) in [5, 5.41) is 17.5. The molecule has 2 rings (SSSR count). The fraction of sp³-hybridized carbons (Fsp3) is 0.733. The summed E-state index contributed by atoms with van der Waals surface area (Å²) in [5.41, 5.74) is 0.142. The average molecular weight is 314 g/mol. The highest BCUT2D eigenvalue weighted by Gasteiger charge is 2.24. The Morgan fingerprint density at radius 2 is 2.14 bits per heavy atom. The van der Waals surface area contributed by atoms with Crippen LogP contribution in [-0.2, 0) is 6.54 Å². The molecule has 1 unspecified atom stereocenters. The molecule has 1 aliphatic carbocycles. The van der Waals surface area contributed by atoms with Crippen molar-refractivity contribution < 1.29 is 5.11 Å². The summed E-state index contributed by atoms with van der Waals surface area (Å²) in [5.74, 6) is 0.797. The monoisotopic (exact) mass is 313 g/mol. The van der Waals surface area contributed by atoms with Gasteiger partial charge in [-0.2, -0.15) is 5.10 Å². The lowest BCUT2D eigenvalue weighted by atomic mass is 9.96. The smallest absolute Gasteiger partial charge is 0.291 e. The van der Waals surface area contributed by atoms with Crippen LogP contribution in [0.15, 0.2) is 11.0 Å². The van der Waals surface area contributed by atoms with Gasteiger partial charge in [0, 0.05) is 13.1 Å². The van der Waals surface area contributed by atoms with Gasteiger partial charge in [0.25, 0.3) is 5.56 Å². The molecule has 0 saturated heterocycles. The minimum atomic E-state index is -0.486. The molecule has 1 aromatic rings. The van der Waals surface area contributed by atoms with E-state index < -0.39 is 6.10 Å². The first kappa shape index (κ1) is 16.3. The van der Waals surface area contributed by atoms with E-state index in [0.717, 1.165) is 25.7 Å². The quantitative estimate of drug-likeness (QED) is 0.774. The van der Waals surface area contributed by atoms with E-state index in [2.05, 4.69) is 24.3 Å². The van der Waals surface area contributed by atoms with E-state index in [0.29, 0.717) is 29.7 Å². The first-order valence-corrected chi connectivity index (χ1v) is 8.12. The van der Waals surface area contributed by atoms with Crippen LogP contribution in [0.1, 0.15) is 39.5 Å². The van der Waals surface area contributed by atoms with Crippen molar-refractivity contribution in [3.63, 3.8) is 0 Å². The fourth-order valence-electron chi connectivity index (χ4n) is 2.51. The summed E-state index contributed by atoms with van der Waals surface area (Å²) in [6.07, 6.45) is 5.15. The normalized spacial score (nSPS) is 16.2. The first-order chi connectivity index (χ1) is 10.1. The minimum absolute atomic E-state index is 0.203. The SMILES string of the molecule is CCC(CC)C(O)CNc1c(Cl)cnn(CC2CC2)c1=O. The first-order valence-electron chi connectivity index (χ1n) is 7.74. The van der Waals surface area contributed by atoms with Gasteiger partial charge in [-0.25, -0.2) is 4.68 Å². The zero-order valence-electron chi connectivity index (χ0n) is 12.7. The maximum absolute atomic E-state index is 12.3. The second kappa shape index (κ2) is 7.27. The molecule has 5 nitrogen and oxygen atoms in total. The van der Waals surface area contributed by atoms with Gasteiger partial charge in [0.15, 0.2) is 0 Å². The van der Waals surface area contributed by atoms with Crippen LogP contribution in [0.2, 0.25) is 5.02 Å². The number of anilines is 1. The zero-order valence-corrected chi connectivity index (χ0v) is 13.4. The van der Waals surface area contributed by atoms with Crippen molar-refractivity contribution in [2.75, 3.05) is 11.9 Å². The number of halogens is 1. The Kier molecular flexibility index (Phi) is 5.65. The van der Waals surface area contributed by atoms with Crippen molar-refractivity contribution in [2.24, 2.45) is 11.8 Å². The van der Waals surface area contributed by atoms with Crippen LogP contribution >= 0.6 is 11.6 Å². The van der Waals surface area contributed by atoms with E-state index in [9.17, 15) is 9.90 Å². The Morgan fingerprint density at radius 1 is 1.48 bits per heavy atom. The summed E-state index contributed by atoms with van der Waals surface area (Å²) in [4.78, 5) is 12.3. The Bertz CT molecular complexity index is 524. The highest BCUT2D eigenvalue weighted by Crippen LogP contribution is 2.30. The molecule has 21 heavy (non-hydrogen) atoms. The van der Waals surface area contributed by atoms with Gasteiger partial charge < -0.3 is 10.4 Å². The van der Waals surface area contributed by atoms with E-state index in [4.69, 9.17) is 11.6 Å². The molecule has 1 fully saturated rings. The molecule has 0 amide bonds. The van der Waals surface area contributed by atoms with E-state index >= 15 is 0 Å². The van der Waals surface area contributed by atoms with Gasteiger partial charge in [-0.1, -0.05) is 38.3 Å². The molecule has 1 aromatic heterocycles. The Morgan fingerprint density at radius 3 is 2.71 bits per heavy atom. The van der Waals surface area contributed by atoms with E-state index in [1.54, 1.807) is 0 Å². The van der Waals surface area contributed by atoms with Gasteiger partial charge in [-0.3, -0.25) is 4.79 Å². The fourth-order valence-corrected chi connectivity index (χ4v) is 2.70. The van der Waals surface area contributed by atoms with Crippen molar-refractivity contribution in [3.05, 3.63) is 21.6 Å². The molecule has 1 heterocycles. The molecule has 118 valence electrons. The molecule has 0 bridgehead atoms. The minimum Gasteiger partial charge on any atom is -0.391 e. The lowest BCUT2D eigenvalue weighted by Gasteiger charge is -2.21. The lowest BCUT2D eigenvalue weighted by molar-refractivity contribution is 0.114. The van der Waals surface area contributed by atoms with Crippen molar-refractivity contribution >= 4 is 17.3 Å². The predicted octanol–water partition coefficient (Wildman–Crippen LogP) is 2.52. The third-order valence-corrected chi connectivity index (χ3v) is 4.49. The van der Waals surface area contributed by atoms with Crippen LogP contribution in [0.4, 0.5) is 5.69 Å². The van der Waals surface area contributed by atoms with E-state index in [1.807, 2.05) is 0 Å². The summed E-state index contributed by atoms with van der Waals surface area (Å²) in [6, 6.07) is 0. The summed E-state index contributed by atoms with van der Waals surface area (Å²) < 4.78 is 1.47. The van der Waals surface area contributed by atoms with Crippen LogP contribution < -0.4 is 10.9 Å². The largest absolute Gasteiger partial charge is 0.391 e. The Balaban J connectivity index is 2.06. The van der Waals surface area contributed by atoms with Gasteiger partial charge in [0.05, 0.1) is 17.3 Å². The molecule has 6 heteroatoms. The molecule has 0 spiro atoms.